The van der Waals surface area contributed by atoms with Crippen molar-refractivity contribution in [1.82, 2.24) is 20.1 Å². The van der Waals surface area contributed by atoms with Crippen molar-refractivity contribution < 1.29 is 9.53 Å². The Labute approximate surface area is 164 Å². The van der Waals surface area contributed by atoms with Crippen LogP contribution in [0, 0.1) is 0 Å². The van der Waals surface area contributed by atoms with E-state index in [4.69, 9.17) is 4.74 Å². The molecule has 2 aromatic heterocycles. The minimum Gasteiger partial charge on any atom is -0.461 e. The van der Waals surface area contributed by atoms with E-state index in [9.17, 15) is 4.79 Å². The highest BCUT2D eigenvalue weighted by molar-refractivity contribution is 6.03. The maximum Gasteiger partial charge on any atom is 0.361 e. The van der Waals surface area contributed by atoms with Crippen LogP contribution in [0.25, 0.3) is 10.9 Å². The second kappa shape index (κ2) is 8.31. The molecular weight excluding hydrogens is 354 g/mol. The number of anilines is 1. The van der Waals surface area contributed by atoms with E-state index >= 15 is 0 Å². The molecule has 3 aromatic rings. The first-order chi connectivity index (χ1) is 13.8. The second-order valence-corrected chi connectivity index (χ2v) is 6.72. The minimum atomic E-state index is -0.424. The summed E-state index contributed by atoms with van der Waals surface area (Å²) >= 11 is 0. The summed E-state index contributed by atoms with van der Waals surface area (Å²) in [7, 11) is 0. The van der Waals surface area contributed by atoms with Crippen molar-refractivity contribution >= 4 is 22.6 Å². The van der Waals surface area contributed by atoms with Gasteiger partial charge in [0.05, 0.1) is 23.5 Å². The van der Waals surface area contributed by atoms with Gasteiger partial charge >= 0.3 is 5.97 Å². The average molecular weight is 377 g/mol. The first-order valence-electron chi connectivity index (χ1n) is 9.56. The van der Waals surface area contributed by atoms with Crippen molar-refractivity contribution in [2.45, 2.75) is 13.5 Å². The zero-order valence-corrected chi connectivity index (χ0v) is 15.9. The first-order valence-corrected chi connectivity index (χ1v) is 9.56. The fourth-order valence-corrected chi connectivity index (χ4v) is 3.55. The normalized spacial score (nSPS) is 15.0. The smallest absolute Gasteiger partial charge is 0.361 e. The third kappa shape index (κ3) is 3.80. The Morgan fingerprint density at radius 1 is 1.04 bits per heavy atom. The maximum atomic E-state index is 12.5. The summed E-state index contributed by atoms with van der Waals surface area (Å²) in [5, 5.41) is 9.34. The molecule has 1 aromatic carbocycles. The van der Waals surface area contributed by atoms with Gasteiger partial charge < -0.3 is 9.64 Å². The number of benzene rings is 1. The molecule has 7 heteroatoms. The standard InChI is InChI=1S/C21H23N5O2/c1-2-28-21(27)19-20(17-8-3-4-9-18(17)23-24-19)26-13-11-25(12-14-26)15-16-7-5-6-10-22-16/h3-10H,2,11-15H2,1H3. The third-order valence-electron chi connectivity index (χ3n) is 4.91. The van der Waals surface area contributed by atoms with E-state index < -0.39 is 5.97 Å². The van der Waals surface area contributed by atoms with Crippen molar-refractivity contribution in [3.8, 4) is 0 Å². The molecule has 7 nitrogen and oxygen atoms in total. The van der Waals surface area contributed by atoms with Gasteiger partial charge in [-0.1, -0.05) is 24.3 Å². The van der Waals surface area contributed by atoms with E-state index in [1.165, 1.54) is 0 Å². The number of carbonyl (C=O) groups excluding carboxylic acids is 1. The van der Waals surface area contributed by atoms with Crippen LogP contribution in [0.2, 0.25) is 0 Å². The van der Waals surface area contributed by atoms with Gasteiger partial charge in [0.1, 0.15) is 0 Å². The SMILES string of the molecule is CCOC(=O)c1nnc2ccccc2c1N1CCN(Cc2ccccn2)CC1. The fourth-order valence-electron chi connectivity index (χ4n) is 3.55. The predicted molar refractivity (Wildman–Crippen MR) is 107 cm³/mol. The van der Waals surface area contributed by atoms with E-state index in [1.54, 1.807) is 6.92 Å². The summed E-state index contributed by atoms with van der Waals surface area (Å²) in [5.74, 6) is -0.424. The number of nitrogens with zero attached hydrogens (tertiary/aromatic N) is 5. The predicted octanol–water partition coefficient (Wildman–Crippen LogP) is 2.52. The highest BCUT2D eigenvalue weighted by Gasteiger charge is 2.26. The lowest BCUT2D eigenvalue weighted by Gasteiger charge is -2.36. The number of carbonyl (C=O) groups is 1. The van der Waals surface area contributed by atoms with E-state index in [1.807, 2.05) is 48.7 Å². The molecule has 0 N–H and O–H groups in total. The molecule has 4 rings (SSSR count). The lowest BCUT2D eigenvalue weighted by molar-refractivity contribution is 0.0519. The molecule has 0 aliphatic carbocycles. The van der Waals surface area contributed by atoms with Crippen LogP contribution in [0.3, 0.4) is 0 Å². The molecule has 1 aliphatic heterocycles. The number of pyridine rings is 1. The van der Waals surface area contributed by atoms with Crippen molar-refractivity contribution in [2.75, 3.05) is 37.7 Å². The van der Waals surface area contributed by atoms with Crippen LogP contribution >= 0.6 is 0 Å². The number of piperazine rings is 1. The summed E-state index contributed by atoms with van der Waals surface area (Å²) < 4.78 is 5.22. The van der Waals surface area contributed by atoms with Crippen LogP contribution in [0.15, 0.2) is 48.7 Å². The van der Waals surface area contributed by atoms with E-state index in [2.05, 4.69) is 25.0 Å². The highest BCUT2D eigenvalue weighted by Crippen LogP contribution is 2.29. The molecular formula is C21H23N5O2. The monoisotopic (exact) mass is 377 g/mol. The Morgan fingerprint density at radius 3 is 2.57 bits per heavy atom. The van der Waals surface area contributed by atoms with Crippen molar-refractivity contribution in [3.63, 3.8) is 0 Å². The number of fused-ring (bicyclic) bond motifs is 1. The fraction of sp³-hybridized carbons (Fsp3) is 0.333. The molecule has 1 aliphatic rings. The van der Waals surface area contributed by atoms with E-state index in [0.29, 0.717) is 12.3 Å². The van der Waals surface area contributed by atoms with Crippen molar-refractivity contribution in [2.24, 2.45) is 0 Å². The van der Waals surface area contributed by atoms with Crippen molar-refractivity contribution in [1.29, 1.82) is 0 Å². The number of ether oxygens (including phenoxy) is 1. The summed E-state index contributed by atoms with van der Waals surface area (Å²) in [5.41, 5.74) is 2.96. The summed E-state index contributed by atoms with van der Waals surface area (Å²) in [4.78, 5) is 21.5. The van der Waals surface area contributed by atoms with Gasteiger partial charge in [0.2, 0.25) is 0 Å². The van der Waals surface area contributed by atoms with E-state index in [0.717, 1.165) is 55.0 Å². The molecule has 144 valence electrons. The Balaban J connectivity index is 1.58. The average Bonchev–Trinajstić information content (AvgIpc) is 2.74. The molecule has 0 bridgehead atoms. The lowest BCUT2D eigenvalue weighted by Crippen LogP contribution is -2.46. The van der Waals surface area contributed by atoms with Gasteiger partial charge in [-0.3, -0.25) is 9.88 Å². The first kappa shape index (κ1) is 18.3. The number of hydrogen-bond acceptors (Lipinski definition) is 7. The second-order valence-electron chi connectivity index (χ2n) is 6.72. The van der Waals surface area contributed by atoms with E-state index in [-0.39, 0.29) is 0 Å². The van der Waals surface area contributed by atoms with Crippen LogP contribution in [0.1, 0.15) is 23.1 Å². The third-order valence-corrected chi connectivity index (χ3v) is 4.91. The number of rotatable bonds is 5. The molecule has 0 atom stereocenters. The van der Waals surface area contributed by atoms with Gasteiger partial charge in [0, 0.05) is 44.3 Å². The topological polar surface area (TPSA) is 71.5 Å². The summed E-state index contributed by atoms with van der Waals surface area (Å²) in [6.07, 6.45) is 1.83. The molecule has 0 spiro atoms. The van der Waals surface area contributed by atoms with Crippen LogP contribution in [-0.2, 0) is 11.3 Å². The van der Waals surface area contributed by atoms with Gasteiger partial charge in [-0.2, -0.15) is 0 Å². The number of aromatic nitrogens is 3. The molecule has 3 heterocycles. The molecule has 1 fully saturated rings. The summed E-state index contributed by atoms with van der Waals surface area (Å²) in [6, 6.07) is 13.8. The lowest BCUT2D eigenvalue weighted by atomic mass is 10.1. The van der Waals surface area contributed by atoms with Crippen LogP contribution in [0.5, 0.6) is 0 Å². The number of hydrogen-bond donors (Lipinski definition) is 0. The molecule has 1 saturated heterocycles. The maximum absolute atomic E-state index is 12.5. The van der Waals surface area contributed by atoms with Gasteiger partial charge in [0.25, 0.3) is 0 Å². The van der Waals surface area contributed by atoms with Gasteiger partial charge in [0.15, 0.2) is 5.69 Å². The molecule has 28 heavy (non-hydrogen) atoms. The Morgan fingerprint density at radius 2 is 1.82 bits per heavy atom. The quantitative estimate of drug-likeness (QED) is 0.633. The van der Waals surface area contributed by atoms with Gasteiger partial charge in [-0.05, 0) is 25.1 Å². The molecule has 0 saturated carbocycles. The van der Waals surface area contributed by atoms with Crippen LogP contribution in [0.4, 0.5) is 5.69 Å². The number of esters is 1. The van der Waals surface area contributed by atoms with Crippen molar-refractivity contribution in [3.05, 3.63) is 60.0 Å². The van der Waals surface area contributed by atoms with Crippen LogP contribution < -0.4 is 4.90 Å². The highest BCUT2D eigenvalue weighted by atomic mass is 16.5. The Bertz CT molecular complexity index is 955. The molecule has 0 unspecified atom stereocenters. The van der Waals surface area contributed by atoms with Gasteiger partial charge in [-0.15, -0.1) is 10.2 Å². The molecule has 0 radical (unpaired) electrons. The van der Waals surface area contributed by atoms with Crippen LogP contribution in [-0.4, -0.2) is 58.8 Å². The largest absolute Gasteiger partial charge is 0.461 e. The zero-order chi connectivity index (χ0) is 19.3. The zero-order valence-electron chi connectivity index (χ0n) is 15.9. The summed E-state index contributed by atoms with van der Waals surface area (Å²) in [6.45, 7) is 6.30. The Kier molecular flexibility index (Phi) is 5.43. The molecule has 0 amide bonds. The Hall–Kier alpha value is -3.06. The van der Waals surface area contributed by atoms with Gasteiger partial charge in [-0.25, -0.2) is 4.79 Å². The minimum absolute atomic E-state index is 0.290.